The van der Waals surface area contributed by atoms with Gasteiger partial charge in [0, 0.05) is 6.42 Å². The van der Waals surface area contributed by atoms with Gasteiger partial charge < -0.3 is 4.79 Å². The van der Waals surface area contributed by atoms with Crippen LogP contribution < -0.4 is 0 Å². The van der Waals surface area contributed by atoms with E-state index in [0.29, 0.717) is 0 Å². The zero-order valence-electron chi connectivity index (χ0n) is 29.9. The second-order valence-corrected chi connectivity index (χ2v) is 13.4. The van der Waals surface area contributed by atoms with Crippen LogP contribution in [-0.2, 0) is 4.79 Å². The van der Waals surface area contributed by atoms with Gasteiger partial charge in [-0.3, -0.25) is 0 Å². The molecule has 0 aromatic carbocycles. The topological polar surface area (TPSA) is 17.1 Å². The first-order chi connectivity index (χ1) is 21.3. The van der Waals surface area contributed by atoms with Crippen LogP contribution in [0.3, 0.4) is 0 Å². The molecule has 0 radical (unpaired) electrons. The molecule has 0 fully saturated rings. The fourth-order valence-corrected chi connectivity index (χ4v) is 6.08. The van der Waals surface area contributed by atoms with Crippen molar-refractivity contribution in [3.05, 3.63) is 35.5 Å². The lowest BCUT2D eigenvalue weighted by Gasteiger charge is -2.09. The van der Waals surface area contributed by atoms with Gasteiger partial charge in [-0.05, 0) is 109 Å². The minimum absolute atomic E-state index is 0.745. The summed E-state index contributed by atoms with van der Waals surface area (Å²) in [6, 6.07) is 0. The second kappa shape index (κ2) is 37.1. The molecule has 0 aliphatic rings. The van der Waals surface area contributed by atoms with E-state index in [1.54, 1.807) is 11.1 Å². The molecule has 0 unspecified atom stereocenters. The molecule has 0 spiro atoms. The number of aldehydes is 1. The second-order valence-electron chi connectivity index (χ2n) is 13.4. The summed E-state index contributed by atoms with van der Waals surface area (Å²) in [7, 11) is 0. The molecule has 0 aliphatic carbocycles. The highest BCUT2D eigenvalue weighted by Crippen LogP contribution is 2.21. The minimum atomic E-state index is 0.745. The van der Waals surface area contributed by atoms with Gasteiger partial charge in [-0.25, -0.2) is 0 Å². The summed E-state index contributed by atoms with van der Waals surface area (Å²) in [5.74, 6) is 0. The summed E-state index contributed by atoms with van der Waals surface area (Å²) >= 11 is 0. The average Bonchev–Trinajstić information content (AvgIpc) is 3.02. The molecule has 43 heavy (non-hydrogen) atoms. The Hall–Kier alpha value is -1.11. The lowest BCUT2D eigenvalue weighted by molar-refractivity contribution is -0.107. The van der Waals surface area contributed by atoms with Gasteiger partial charge in [0.25, 0.3) is 0 Å². The zero-order valence-corrected chi connectivity index (χ0v) is 29.9. The summed E-state index contributed by atoms with van der Waals surface area (Å²) in [6.07, 6.45) is 53.5. The lowest BCUT2D eigenvalue weighted by Crippen LogP contribution is -1.89. The Morgan fingerprint density at radius 3 is 1.09 bits per heavy atom. The Balaban J connectivity index is 4.00. The molecular formula is C42H78O. The van der Waals surface area contributed by atoms with Crippen LogP contribution in [-0.4, -0.2) is 6.29 Å². The minimum Gasteiger partial charge on any atom is -0.303 e. The predicted molar refractivity (Wildman–Crippen MR) is 196 cm³/mol. The molecule has 1 heteroatoms. The first-order valence-corrected chi connectivity index (χ1v) is 19.7. The summed E-state index contributed by atoms with van der Waals surface area (Å²) in [5, 5.41) is 0. The third-order valence-corrected chi connectivity index (χ3v) is 9.06. The van der Waals surface area contributed by atoms with Crippen molar-refractivity contribution in [1.82, 2.24) is 0 Å². The molecule has 0 atom stereocenters. The van der Waals surface area contributed by atoms with Crippen molar-refractivity contribution in [1.29, 1.82) is 0 Å². The van der Waals surface area contributed by atoms with E-state index < -0.39 is 0 Å². The van der Waals surface area contributed by atoms with Gasteiger partial charge in [0.05, 0.1) is 0 Å². The SMILES string of the molecule is CCCCCCCC/C=C/CCCCCC/C(=C\CCCCCC/C(=C\CCCCCCCC=O)CCCC)CCCC. The van der Waals surface area contributed by atoms with Crippen LogP contribution in [0, 0.1) is 0 Å². The van der Waals surface area contributed by atoms with Gasteiger partial charge in [-0.1, -0.05) is 146 Å². The Kier molecular flexibility index (Phi) is 36.1. The highest BCUT2D eigenvalue weighted by molar-refractivity contribution is 5.48. The van der Waals surface area contributed by atoms with E-state index in [2.05, 4.69) is 45.1 Å². The molecule has 0 aromatic rings. The first kappa shape index (κ1) is 41.9. The number of carbonyl (C=O) groups is 1. The number of carbonyl (C=O) groups excluding carboxylic acids is 1. The molecule has 0 rings (SSSR count). The summed E-state index contributed by atoms with van der Waals surface area (Å²) in [6.45, 7) is 6.94. The van der Waals surface area contributed by atoms with Gasteiger partial charge >= 0.3 is 0 Å². The van der Waals surface area contributed by atoms with Crippen LogP contribution >= 0.6 is 0 Å². The molecule has 0 aliphatic heterocycles. The molecule has 0 saturated carbocycles. The number of unbranched alkanes of at least 4 members (excludes halogenated alkanes) is 22. The maximum atomic E-state index is 10.4. The Morgan fingerprint density at radius 1 is 0.349 bits per heavy atom. The Labute approximate surface area is 272 Å². The third kappa shape index (κ3) is 33.6. The molecular weight excluding hydrogens is 520 g/mol. The van der Waals surface area contributed by atoms with Crippen LogP contribution in [0.5, 0.6) is 0 Å². The summed E-state index contributed by atoms with van der Waals surface area (Å²) in [5.41, 5.74) is 3.49. The first-order valence-electron chi connectivity index (χ1n) is 19.7. The maximum absolute atomic E-state index is 10.4. The van der Waals surface area contributed by atoms with Gasteiger partial charge in [-0.2, -0.15) is 0 Å². The van der Waals surface area contributed by atoms with E-state index in [9.17, 15) is 4.79 Å². The molecule has 0 N–H and O–H groups in total. The quantitative estimate of drug-likeness (QED) is 0.0403. The number of allylic oxidation sites excluding steroid dienone is 6. The van der Waals surface area contributed by atoms with Crippen LogP contribution in [0.25, 0.3) is 0 Å². The van der Waals surface area contributed by atoms with Crippen molar-refractivity contribution in [2.75, 3.05) is 0 Å². The fraction of sp³-hybridized carbons (Fsp3) is 0.833. The zero-order chi connectivity index (χ0) is 31.3. The molecule has 0 saturated heterocycles. The van der Waals surface area contributed by atoms with E-state index >= 15 is 0 Å². The van der Waals surface area contributed by atoms with Crippen molar-refractivity contribution in [2.45, 2.75) is 226 Å². The van der Waals surface area contributed by atoms with E-state index in [1.165, 1.54) is 193 Å². The number of hydrogen-bond donors (Lipinski definition) is 0. The van der Waals surface area contributed by atoms with E-state index in [1.807, 2.05) is 0 Å². The van der Waals surface area contributed by atoms with E-state index in [4.69, 9.17) is 0 Å². The number of rotatable bonds is 35. The normalized spacial score (nSPS) is 12.5. The largest absolute Gasteiger partial charge is 0.303 e. The van der Waals surface area contributed by atoms with Gasteiger partial charge in [-0.15, -0.1) is 0 Å². The average molecular weight is 599 g/mol. The Bertz CT molecular complexity index is 639. The molecule has 0 aromatic heterocycles. The van der Waals surface area contributed by atoms with Gasteiger partial charge in [0.15, 0.2) is 0 Å². The van der Waals surface area contributed by atoms with Crippen molar-refractivity contribution >= 4 is 6.29 Å². The van der Waals surface area contributed by atoms with Gasteiger partial charge in [0.1, 0.15) is 6.29 Å². The van der Waals surface area contributed by atoms with Crippen molar-refractivity contribution in [2.24, 2.45) is 0 Å². The van der Waals surface area contributed by atoms with E-state index in [0.717, 1.165) is 19.1 Å². The van der Waals surface area contributed by atoms with Crippen LogP contribution in [0.1, 0.15) is 226 Å². The van der Waals surface area contributed by atoms with Crippen molar-refractivity contribution < 1.29 is 4.79 Å². The van der Waals surface area contributed by atoms with Crippen LogP contribution in [0.15, 0.2) is 35.5 Å². The lowest BCUT2D eigenvalue weighted by atomic mass is 9.98. The maximum Gasteiger partial charge on any atom is 0.119 e. The molecule has 0 amide bonds. The van der Waals surface area contributed by atoms with Crippen molar-refractivity contribution in [3.8, 4) is 0 Å². The standard InChI is InChI=1S/C42H78O/c1-4-7-10-11-12-13-14-15-16-17-18-20-24-29-36-41(34-8-5-2)38-31-26-23-27-32-39-42(35-9-6-3)37-30-25-21-19-22-28-33-40-43/h15-16,37-38,40H,4-14,17-36,39H2,1-3H3/b16-15+,41-38-,42-37-. The monoisotopic (exact) mass is 599 g/mol. The van der Waals surface area contributed by atoms with Crippen molar-refractivity contribution in [3.63, 3.8) is 0 Å². The molecule has 252 valence electrons. The summed E-state index contributed by atoms with van der Waals surface area (Å²) < 4.78 is 0. The van der Waals surface area contributed by atoms with Crippen LogP contribution in [0.4, 0.5) is 0 Å². The highest BCUT2D eigenvalue weighted by Gasteiger charge is 2.01. The predicted octanol–water partition coefficient (Wildman–Crippen LogP) is 15.1. The van der Waals surface area contributed by atoms with E-state index in [-0.39, 0.29) is 0 Å². The smallest absolute Gasteiger partial charge is 0.119 e. The molecule has 1 nitrogen and oxygen atoms in total. The Morgan fingerprint density at radius 2 is 0.674 bits per heavy atom. The highest BCUT2D eigenvalue weighted by atomic mass is 16.1. The third-order valence-electron chi connectivity index (χ3n) is 9.06. The molecule has 0 heterocycles. The summed E-state index contributed by atoms with van der Waals surface area (Å²) in [4.78, 5) is 10.4. The fourth-order valence-electron chi connectivity index (χ4n) is 6.08. The van der Waals surface area contributed by atoms with Gasteiger partial charge in [0.2, 0.25) is 0 Å². The molecule has 0 bridgehead atoms. The number of hydrogen-bond acceptors (Lipinski definition) is 1. The van der Waals surface area contributed by atoms with Crippen LogP contribution in [0.2, 0.25) is 0 Å².